The molecule has 0 fully saturated rings. The zero-order valence-electron chi connectivity index (χ0n) is 20.4. The van der Waals surface area contributed by atoms with Gasteiger partial charge >= 0.3 is 0 Å². The SMILES string of the molecule is CNC(=O)Cn1cc(-c2ccc(NC(=O)C(NCCc3ccc(C#N)cc3)c3ccccc3)nc2)cn1. The number of nitrogens with one attached hydrogen (secondary N) is 3. The number of nitriles is 1. The highest BCUT2D eigenvalue weighted by Crippen LogP contribution is 2.20. The Hall–Kier alpha value is -4.81. The van der Waals surface area contributed by atoms with Gasteiger partial charge in [0.05, 0.1) is 17.8 Å². The lowest BCUT2D eigenvalue weighted by molar-refractivity contribution is -0.121. The summed E-state index contributed by atoms with van der Waals surface area (Å²) in [6.45, 7) is 0.711. The molecule has 4 rings (SSSR count). The molecule has 2 aromatic heterocycles. The molecule has 4 aromatic rings. The number of carbonyl (C=O) groups excluding carboxylic acids is 2. The van der Waals surface area contributed by atoms with Gasteiger partial charge in [-0.05, 0) is 41.8 Å². The normalized spacial score (nSPS) is 11.4. The van der Waals surface area contributed by atoms with Gasteiger partial charge in [0.2, 0.25) is 11.8 Å². The van der Waals surface area contributed by atoms with Crippen LogP contribution in [0.3, 0.4) is 0 Å². The van der Waals surface area contributed by atoms with Gasteiger partial charge < -0.3 is 16.0 Å². The Bertz CT molecular complexity index is 1370. The lowest BCUT2D eigenvalue weighted by atomic mass is 10.0. The molecule has 0 aliphatic carbocycles. The molecule has 2 heterocycles. The molecule has 0 aliphatic heterocycles. The second-order valence-corrected chi connectivity index (χ2v) is 8.38. The van der Waals surface area contributed by atoms with E-state index in [9.17, 15) is 9.59 Å². The molecular weight excluding hydrogens is 466 g/mol. The Morgan fingerprint density at radius 3 is 2.46 bits per heavy atom. The topological polar surface area (TPSA) is 125 Å². The molecule has 9 nitrogen and oxygen atoms in total. The third-order valence-electron chi connectivity index (χ3n) is 5.81. The van der Waals surface area contributed by atoms with Crippen LogP contribution in [0, 0.1) is 11.3 Å². The molecule has 0 saturated carbocycles. The average molecular weight is 494 g/mol. The van der Waals surface area contributed by atoms with Gasteiger partial charge in [0.1, 0.15) is 18.4 Å². The summed E-state index contributed by atoms with van der Waals surface area (Å²) in [7, 11) is 1.58. The Morgan fingerprint density at radius 1 is 1.00 bits per heavy atom. The number of anilines is 1. The van der Waals surface area contributed by atoms with Crippen LogP contribution in [0.4, 0.5) is 5.82 Å². The molecule has 0 aliphatic rings. The summed E-state index contributed by atoms with van der Waals surface area (Å²) < 4.78 is 1.55. The van der Waals surface area contributed by atoms with Crippen molar-refractivity contribution in [3.05, 3.63) is 102 Å². The van der Waals surface area contributed by atoms with Gasteiger partial charge in [0.15, 0.2) is 0 Å². The summed E-state index contributed by atoms with van der Waals surface area (Å²) in [6, 6.07) is 22.1. The summed E-state index contributed by atoms with van der Waals surface area (Å²) >= 11 is 0. The van der Waals surface area contributed by atoms with Crippen molar-refractivity contribution in [2.45, 2.75) is 19.0 Å². The van der Waals surface area contributed by atoms with Crippen molar-refractivity contribution in [1.29, 1.82) is 5.26 Å². The quantitative estimate of drug-likeness (QED) is 0.312. The maximum absolute atomic E-state index is 13.2. The van der Waals surface area contributed by atoms with E-state index in [0.717, 1.165) is 22.3 Å². The Kier molecular flexibility index (Phi) is 8.37. The zero-order valence-corrected chi connectivity index (χ0v) is 20.4. The fraction of sp³-hybridized carbons (Fsp3) is 0.179. The van der Waals surface area contributed by atoms with Crippen molar-refractivity contribution in [2.24, 2.45) is 0 Å². The minimum absolute atomic E-state index is 0.135. The van der Waals surface area contributed by atoms with E-state index in [2.05, 4.69) is 32.1 Å². The number of benzene rings is 2. The smallest absolute Gasteiger partial charge is 0.247 e. The number of rotatable bonds is 10. The van der Waals surface area contributed by atoms with Gasteiger partial charge in [-0.2, -0.15) is 10.4 Å². The molecule has 9 heteroatoms. The molecule has 1 unspecified atom stereocenters. The molecule has 0 bridgehead atoms. The van der Waals surface area contributed by atoms with Gasteiger partial charge in [-0.1, -0.05) is 42.5 Å². The highest BCUT2D eigenvalue weighted by Gasteiger charge is 2.20. The Balaban J connectivity index is 1.40. The first kappa shape index (κ1) is 25.3. The first-order valence-corrected chi connectivity index (χ1v) is 11.8. The summed E-state index contributed by atoms with van der Waals surface area (Å²) in [5.74, 6) is 0.0790. The van der Waals surface area contributed by atoms with Gasteiger partial charge in [-0.15, -0.1) is 0 Å². The van der Waals surface area contributed by atoms with E-state index in [-0.39, 0.29) is 18.4 Å². The predicted molar refractivity (Wildman–Crippen MR) is 140 cm³/mol. The lowest BCUT2D eigenvalue weighted by Gasteiger charge is -2.19. The largest absolute Gasteiger partial charge is 0.358 e. The van der Waals surface area contributed by atoms with Crippen LogP contribution in [-0.2, 0) is 22.6 Å². The van der Waals surface area contributed by atoms with Crippen molar-refractivity contribution in [1.82, 2.24) is 25.4 Å². The molecule has 1 atom stereocenters. The molecule has 0 spiro atoms. The van der Waals surface area contributed by atoms with E-state index in [1.54, 1.807) is 48.5 Å². The van der Waals surface area contributed by atoms with E-state index < -0.39 is 6.04 Å². The minimum atomic E-state index is -0.566. The predicted octanol–water partition coefficient (Wildman–Crippen LogP) is 3.07. The summed E-state index contributed by atoms with van der Waals surface area (Å²) in [5.41, 5.74) is 4.19. The second kappa shape index (κ2) is 12.2. The number of carbonyl (C=O) groups is 2. The maximum Gasteiger partial charge on any atom is 0.247 e. The van der Waals surface area contributed by atoms with Crippen molar-refractivity contribution < 1.29 is 9.59 Å². The third kappa shape index (κ3) is 6.87. The number of likely N-dealkylation sites (N-methyl/N-ethyl adjacent to an activating group) is 1. The van der Waals surface area contributed by atoms with Crippen molar-refractivity contribution in [2.75, 3.05) is 18.9 Å². The molecule has 3 N–H and O–H groups in total. The summed E-state index contributed by atoms with van der Waals surface area (Å²) in [6.07, 6.45) is 5.81. The monoisotopic (exact) mass is 493 g/mol. The fourth-order valence-electron chi connectivity index (χ4n) is 3.78. The van der Waals surface area contributed by atoms with Gasteiger partial charge in [-0.3, -0.25) is 14.3 Å². The van der Waals surface area contributed by atoms with Crippen molar-refractivity contribution in [3.8, 4) is 17.2 Å². The van der Waals surface area contributed by atoms with Crippen LogP contribution in [0.5, 0.6) is 0 Å². The van der Waals surface area contributed by atoms with E-state index in [0.29, 0.717) is 24.3 Å². The highest BCUT2D eigenvalue weighted by molar-refractivity contribution is 5.95. The van der Waals surface area contributed by atoms with Crippen molar-refractivity contribution in [3.63, 3.8) is 0 Å². The van der Waals surface area contributed by atoms with E-state index in [1.165, 1.54) is 0 Å². The van der Waals surface area contributed by atoms with Gasteiger partial charge in [0.25, 0.3) is 0 Å². The fourth-order valence-corrected chi connectivity index (χ4v) is 3.78. The molecule has 37 heavy (non-hydrogen) atoms. The maximum atomic E-state index is 13.2. The van der Waals surface area contributed by atoms with E-state index in [4.69, 9.17) is 5.26 Å². The van der Waals surface area contributed by atoms with Crippen LogP contribution in [-0.4, -0.2) is 40.2 Å². The number of amides is 2. The minimum Gasteiger partial charge on any atom is -0.358 e. The number of hydrogen-bond acceptors (Lipinski definition) is 6. The first-order chi connectivity index (χ1) is 18.1. The third-order valence-corrected chi connectivity index (χ3v) is 5.81. The van der Waals surface area contributed by atoms with Crippen LogP contribution in [0.15, 0.2) is 85.3 Å². The molecular formula is C28H27N7O2. The van der Waals surface area contributed by atoms with Crippen LogP contribution >= 0.6 is 0 Å². The van der Waals surface area contributed by atoms with Crippen LogP contribution in [0.2, 0.25) is 0 Å². The first-order valence-electron chi connectivity index (χ1n) is 11.8. The zero-order chi connectivity index (χ0) is 26.0. The molecule has 2 amide bonds. The number of aromatic nitrogens is 3. The summed E-state index contributed by atoms with van der Waals surface area (Å²) in [5, 5.41) is 22.0. The molecule has 2 aromatic carbocycles. The highest BCUT2D eigenvalue weighted by atomic mass is 16.2. The molecule has 186 valence electrons. The number of pyridine rings is 1. The van der Waals surface area contributed by atoms with Crippen LogP contribution in [0.1, 0.15) is 22.7 Å². The molecule has 0 saturated heterocycles. The van der Waals surface area contributed by atoms with Crippen LogP contribution in [0.25, 0.3) is 11.1 Å². The summed E-state index contributed by atoms with van der Waals surface area (Å²) in [4.78, 5) is 29.2. The Morgan fingerprint density at radius 2 is 1.78 bits per heavy atom. The van der Waals surface area contributed by atoms with Gasteiger partial charge in [0, 0.05) is 37.1 Å². The van der Waals surface area contributed by atoms with Gasteiger partial charge in [-0.25, -0.2) is 4.98 Å². The lowest BCUT2D eigenvalue weighted by Crippen LogP contribution is -2.34. The number of nitrogens with zero attached hydrogens (tertiary/aromatic N) is 4. The van der Waals surface area contributed by atoms with E-state index in [1.807, 2.05) is 48.5 Å². The second-order valence-electron chi connectivity index (χ2n) is 8.38. The standard InChI is InChI=1S/C28H27N7O2/c1-30-26(36)19-35-18-24(17-33-35)23-11-12-25(32-16-23)34-28(37)27(22-5-3-2-4-6-22)31-14-13-20-7-9-21(15-29)10-8-20/h2-12,16-18,27,31H,13-14,19H2,1H3,(H,30,36)(H,32,34,37). The Labute approximate surface area is 215 Å². The van der Waals surface area contributed by atoms with Crippen molar-refractivity contribution >= 4 is 17.6 Å². The number of hydrogen-bond donors (Lipinski definition) is 3. The van der Waals surface area contributed by atoms with Crippen LogP contribution < -0.4 is 16.0 Å². The average Bonchev–Trinajstić information content (AvgIpc) is 3.40. The van der Waals surface area contributed by atoms with E-state index >= 15 is 0 Å². The molecule has 0 radical (unpaired) electrons.